The van der Waals surface area contributed by atoms with Crippen molar-refractivity contribution in [1.29, 1.82) is 0 Å². The van der Waals surface area contributed by atoms with Crippen molar-refractivity contribution in [3.63, 3.8) is 0 Å². The Morgan fingerprint density at radius 1 is 0.895 bits per heavy atom. The molecule has 0 aliphatic carbocycles. The lowest BCUT2D eigenvalue weighted by Gasteiger charge is -2.20. The number of aromatic nitrogens is 4. The molecule has 2 aromatic heterocycles. The van der Waals surface area contributed by atoms with Crippen LogP contribution in [0.25, 0.3) is 10.9 Å². The van der Waals surface area contributed by atoms with Crippen molar-refractivity contribution in [3.8, 4) is 5.75 Å². The number of para-hydroxylation sites is 1. The van der Waals surface area contributed by atoms with Crippen LogP contribution in [0.15, 0.2) is 59.8 Å². The molecule has 2 aliphatic heterocycles. The van der Waals surface area contributed by atoms with Crippen molar-refractivity contribution in [2.45, 2.75) is 39.2 Å². The van der Waals surface area contributed by atoms with Gasteiger partial charge in [-0.1, -0.05) is 30.3 Å². The second-order valence-corrected chi connectivity index (χ2v) is 9.98. The zero-order valence-electron chi connectivity index (χ0n) is 21.9. The molecule has 4 aromatic rings. The van der Waals surface area contributed by atoms with Crippen LogP contribution in [0.2, 0.25) is 0 Å². The first-order valence-electron chi connectivity index (χ1n) is 13.6. The maximum Gasteiger partial charge on any atom is 0.250 e. The van der Waals surface area contributed by atoms with Crippen LogP contribution >= 0.6 is 0 Å². The molecule has 2 aromatic carbocycles. The largest absolute Gasteiger partial charge is 0.492 e. The first-order valence-corrected chi connectivity index (χ1v) is 13.6. The molecule has 196 valence electrons. The third kappa shape index (κ3) is 5.41. The number of nitrogens with one attached hydrogen (secondary N) is 1. The van der Waals surface area contributed by atoms with Crippen molar-refractivity contribution in [3.05, 3.63) is 65.9 Å². The predicted octanol–water partition coefficient (Wildman–Crippen LogP) is 4.86. The van der Waals surface area contributed by atoms with E-state index >= 15 is 0 Å². The van der Waals surface area contributed by atoms with Crippen LogP contribution in [0.4, 0.5) is 17.8 Å². The summed E-state index contributed by atoms with van der Waals surface area (Å²) in [7, 11) is 0. The Kier molecular flexibility index (Phi) is 7.06. The normalized spacial score (nSPS) is 15.7. The van der Waals surface area contributed by atoms with Gasteiger partial charge in [0.15, 0.2) is 0 Å². The predicted molar refractivity (Wildman–Crippen MR) is 153 cm³/mol. The van der Waals surface area contributed by atoms with E-state index in [-0.39, 0.29) is 0 Å². The monoisotopic (exact) mass is 510 g/mol. The molecule has 38 heavy (non-hydrogen) atoms. The fourth-order valence-electron chi connectivity index (χ4n) is 5.21. The van der Waals surface area contributed by atoms with E-state index in [1.165, 1.54) is 31.2 Å². The Labute approximate surface area is 223 Å². The summed E-state index contributed by atoms with van der Waals surface area (Å²) in [6.45, 7) is 7.34. The van der Waals surface area contributed by atoms with Gasteiger partial charge >= 0.3 is 0 Å². The molecule has 4 heterocycles. The molecule has 0 atom stereocenters. The summed E-state index contributed by atoms with van der Waals surface area (Å²) in [5.74, 6) is 2.85. The molecule has 0 spiro atoms. The molecular formula is C29H34N8O. The maximum atomic E-state index is 6.00. The van der Waals surface area contributed by atoms with Gasteiger partial charge in [-0.05, 0) is 56.4 Å². The molecular weight excluding hydrogens is 476 g/mol. The van der Waals surface area contributed by atoms with Crippen molar-refractivity contribution in [1.82, 2.24) is 19.5 Å². The molecule has 0 saturated carbocycles. The highest BCUT2D eigenvalue weighted by molar-refractivity contribution is 5.99. The van der Waals surface area contributed by atoms with E-state index in [4.69, 9.17) is 19.7 Å². The summed E-state index contributed by atoms with van der Waals surface area (Å²) in [5, 5.41) is 5.68. The lowest BCUT2D eigenvalue weighted by molar-refractivity contribution is 0.300. The maximum absolute atomic E-state index is 6.00. The van der Waals surface area contributed by atoms with Crippen molar-refractivity contribution >= 4 is 35.0 Å². The number of hydrazone groups is 1. The molecule has 0 bridgehead atoms. The van der Waals surface area contributed by atoms with Gasteiger partial charge in [0.25, 0.3) is 0 Å². The Balaban J connectivity index is 1.19. The van der Waals surface area contributed by atoms with Gasteiger partial charge in [0, 0.05) is 48.8 Å². The molecule has 9 nitrogen and oxygen atoms in total. The van der Waals surface area contributed by atoms with Crippen LogP contribution in [0.5, 0.6) is 5.75 Å². The first-order chi connectivity index (χ1) is 18.7. The molecule has 2 saturated heterocycles. The Bertz CT molecular complexity index is 1390. The first kappa shape index (κ1) is 24.2. The molecule has 2 aliphatic rings. The van der Waals surface area contributed by atoms with E-state index in [9.17, 15) is 0 Å². The minimum absolute atomic E-state index is 0.482. The number of hydrogen-bond donors (Lipinski definition) is 1. The fraction of sp³-hybridized carbons (Fsp3) is 0.379. The highest BCUT2D eigenvalue weighted by Gasteiger charge is 2.21. The molecule has 9 heteroatoms. The minimum Gasteiger partial charge on any atom is -0.492 e. The average Bonchev–Trinajstić information content (AvgIpc) is 3.71. The fourth-order valence-corrected chi connectivity index (χ4v) is 5.21. The SMILES string of the molecule is Cc1cccc(OCCn2cc(/C=N\Nc3nc(N4CCCC4)nc(N4CCCC4)n3)c3ccccc32)c1. The van der Waals surface area contributed by atoms with Gasteiger partial charge in [0.05, 0.1) is 12.8 Å². The van der Waals surface area contributed by atoms with E-state index in [0.29, 0.717) is 12.6 Å². The van der Waals surface area contributed by atoms with Gasteiger partial charge in [0.2, 0.25) is 17.8 Å². The van der Waals surface area contributed by atoms with Gasteiger partial charge in [-0.25, -0.2) is 5.43 Å². The number of nitrogens with zero attached hydrogens (tertiary/aromatic N) is 7. The lowest BCUT2D eigenvalue weighted by Crippen LogP contribution is -2.25. The Morgan fingerprint density at radius 3 is 2.32 bits per heavy atom. The second kappa shape index (κ2) is 11.1. The number of rotatable bonds is 9. The van der Waals surface area contributed by atoms with Crippen LogP contribution in [-0.2, 0) is 6.54 Å². The molecule has 0 amide bonds. The third-order valence-electron chi connectivity index (χ3n) is 7.17. The average molecular weight is 511 g/mol. The molecule has 0 unspecified atom stereocenters. The Morgan fingerprint density at radius 2 is 1.61 bits per heavy atom. The van der Waals surface area contributed by atoms with E-state index in [2.05, 4.69) is 74.4 Å². The molecule has 2 fully saturated rings. The van der Waals surface area contributed by atoms with Crippen LogP contribution in [0, 0.1) is 6.92 Å². The van der Waals surface area contributed by atoms with Crippen LogP contribution in [0.1, 0.15) is 36.8 Å². The van der Waals surface area contributed by atoms with E-state index < -0.39 is 0 Å². The summed E-state index contributed by atoms with van der Waals surface area (Å²) < 4.78 is 8.21. The summed E-state index contributed by atoms with van der Waals surface area (Å²) in [5.41, 5.74) is 6.45. The van der Waals surface area contributed by atoms with E-state index in [0.717, 1.165) is 66.8 Å². The smallest absolute Gasteiger partial charge is 0.250 e. The van der Waals surface area contributed by atoms with Crippen LogP contribution in [-0.4, -0.2) is 58.5 Å². The van der Waals surface area contributed by atoms with Gasteiger partial charge in [-0.15, -0.1) is 0 Å². The number of aryl methyl sites for hydroxylation is 1. The highest BCUT2D eigenvalue weighted by atomic mass is 16.5. The molecule has 1 N–H and O–H groups in total. The zero-order valence-corrected chi connectivity index (χ0v) is 21.9. The second-order valence-electron chi connectivity index (χ2n) is 9.98. The highest BCUT2D eigenvalue weighted by Crippen LogP contribution is 2.24. The van der Waals surface area contributed by atoms with Gasteiger partial charge in [-0.3, -0.25) is 0 Å². The third-order valence-corrected chi connectivity index (χ3v) is 7.17. The minimum atomic E-state index is 0.482. The topological polar surface area (TPSA) is 83.7 Å². The molecule has 6 rings (SSSR count). The van der Waals surface area contributed by atoms with E-state index in [1.807, 2.05) is 18.3 Å². The Hall–Kier alpha value is -4.14. The number of benzene rings is 2. The zero-order chi connectivity index (χ0) is 25.7. The van der Waals surface area contributed by atoms with Crippen molar-refractivity contribution < 1.29 is 4.74 Å². The van der Waals surface area contributed by atoms with Crippen LogP contribution in [0.3, 0.4) is 0 Å². The van der Waals surface area contributed by atoms with Crippen molar-refractivity contribution in [2.24, 2.45) is 5.10 Å². The van der Waals surface area contributed by atoms with Crippen LogP contribution < -0.4 is 20.0 Å². The summed E-state index contributed by atoms with van der Waals surface area (Å²) in [4.78, 5) is 18.6. The molecule has 0 radical (unpaired) electrons. The van der Waals surface area contributed by atoms with Gasteiger partial charge in [-0.2, -0.15) is 20.1 Å². The number of hydrogen-bond acceptors (Lipinski definition) is 8. The van der Waals surface area contributed by atoms with E-state index in [1.54, 1.807) is 0 Å². The quantitative estimate of drug-likeness (QED) is 0.254. The van der Waals surface area contributed by atoms with Crippen molar-refractivity contribution in [2.75, 3.05) is 48.0 Å². The summed E-state index contributed by atoms with van der Waals surface area (Å²) in [6, 6.07) is 16.5. The summed E-state index contributed by atoms with van der Waals surface area (Å²) in [6.07, 6.45) is 8.65. The lowest BCUT2D eigenvalue weighted by atomic mass is 10.2. The number of anilines is 3. The standard InChI is InChI=1S/C29H34N8O/c1-22-9-8-10-24(19-22)38-18-17-37-21-23(25-11-2-3-12-26(25)37)20-30-34-27-31-28(35-13-4-5-14-35)33-29(32-27)36-15-6-7-16-36/h2-3,8-12,19-21H,4-7,13-18H2,1H3,(H,31,32,33,34)/b30-20-. The number of fused-ring (bicyclic) bond motifs is 1. The van der Waals surface area contributed by atoms with Gasteiger partial charge < -0.3 is 19.1 Å². The summed E-state index contributed by atoms with van der Waals surface area (Å²) >= 11 is 0. The van der Waals surface area contributed by atoms with Gasteiger partial charge in [0.1, 0.15) is 12.4 Å². The number of ether oxygens (including phenoxy) is 1.